The van der Waals surface area contributed by atoms with Gasteiger partial charge in [-0.1, -0.05) is 36.1 Å². The van der Waals surface area contributed by atoms with E-state index < -0.39 is 18.3 Å². The Morgan fingerprint density at radius 2 is 2.00 bits per heavy atom. The highest BCUT2D eigenvalue weighted by atomic mass is 32.2. The Bertz CT molecular complexity index is 907. The van der Waals surface area contributed by atoms with Gasteiger partial charge in [-0.2, -0.15) is 0 Å². The number of esters is 1. The van der Waals surface area contributed by atoms with Gasteiger partial charge >= 0.3 is 5.97 Å². The molecule has 1 aromatic rings. The van der Waals surface area contributed by atoms with Gasteiger partial charge in [0.05, 0.1) is 13.7 Å². The van der Waals surface area contributed by atoms with Gasteiger partial charge in [0.2, 0.25) is 5.91 Å². The van der Waals surface area contributed by atoms with Crippen LogP contribution in [0, 0.1) is 0 Å². The molecule has 2 heterocycles. The van der Waals surface area contributed by atoms with Crippen LogP contribution in [0.5, 0.6) is 5.75 Å². The molecule has 3 rings (SSSR count). The quantitative estimate of drug-likeness (QED) is 0.205. The van der Waals surface area contributed by atoms with E-state index in [-0.39, 0.29) is 23.6 Å². The molecule has 2 aliphatic rings. The number of hydrogen-bond donors (Lipinski definition) is 2. The number of thiocarbonyl (C=S) groups is 1. The zero-order chi connectivity index (χ0) is 24.0. The zero-order valence-electron chi connectivity index (χ0n) is 18.6. The molecule has 1 fully saturated rings. The average molecular weight is 514 g/mol. The first kappa shape index (κ1) is 25.8. The van der Waals surface area contributed by atoms with Gasteiger partial charge in [0.15, 0.2) is 6.29 Å². The molecule has 2 atom stereocenters. The second kappa shape index (κ2) is 12.0. The lowest BCUT2D eigenvalue weighted by Gasteiger charge is -2.48. The molecule has 1 amide bonds. The van der Waals surface area contributed by atoms with Crippen molar-refractivity contribution in [2.75, 3.05) is 39.4 Å². The lowest BCUT2D eigenvalue weighted by Crippen LogP contribution is -2.68. The third-order valence-electron chi connectivity index (χ3n) is 5.13. The summed E-state index contributed by atoms with van der Waals surface area (Å²) in [5.74, 6) is 0.872. The van der Waals surface area contributed by atoms with Gasteiger partial charge in [0.1, 0.15) is 33.8 Å². The Hall–Kier alpha value is -1.83. The smallest absolute Gasteiger partial charge is 0.355 e. The first-order valence-electron chi connectivity index (χ1n) is 10.1. The molecule has 0 aliphatic carbocycles. The van der Waals surface area contributed by atoms with Gasteiger partial charge < -0.3 is 30.0 Å². The van der Waals surface area contributed by atoms with E-state index in [1.54, 1.807) is 33.5 Å². The van der Waals surface area contributed by atoms with E-state index >= 15 is 0 Å². The third-order valence-corrected chi connectivity index (χ3v) is 7.88. The van der Waals surface area contributed by atoms with Crippen LogP contribution in [-0.4, -0.2) is 78.2 Å². The van der Waals surface area contributed by atoms with E-state index in [1.165, 1.54) is 28.4 Å². The predicted octanol–water partition coefficient (Wildman–Crippen LogP) is 1.46. The highest BCUT2D eigenvalue weighted by Gasteiger charge is 2.52. The first-order valence-corrected chi connectivity index (χ1v) is 12.5. The Morgan fingerprint density at radius 3 is 2.64 bits per heavy atom. The van der Waals surface area contributed by atoms with Gasteiger partial charge in [0, 0.05) is 25.7 Å². The number of hydrogen-bond acceptors (Lipinski definition) is 10. The molecule has 0 saturated carbocycles. The van der Waals surface area contributed by atoms with Crippen molar-refractivity contribution < 1.29 is 28.5 Å². The Kier molecular flexibility index (Phi) is 9.41. The molecule has 180 valence electrons. The number of thioether (sulfide) groups is 2. The number of nitrogens with zero attached hydrogens (tertiary/aromatic N) is 1. The summed E-state index contributed by atoms with van der Waals surface area (Å²) in [5.41, 5.74) is 7.79. The van der Waals surface area contributed by atoms with Crippen molar-refractivity contribution in [1.29, 1.82) is 0 Å². The average Bonchev–Trinajstić information content (AvgIpc) is 2.85. The molecule has 0 aromatic heterocycles. The minimum Gasteiger partial charge on any atom is -0.497 e. The van der Waals surface area contributed by atoms with E-state index in [9.17, 15) is 9.59 Å². The molecular formula is C21H27N3O6S3. The molecule has 1 unspecified atom stereocenters. The number of nitrogens with two attached hydrogens (primary N) is 1. The number of ether oxygens (including phenoxy) is 4. The normalized spacial score (nSPS) is 19.8. The van der Waals surface area contributed by atoms with E-state index in [4.69, 9.17) is 36.9 Å². The highest BCUT2D eigenvalue weighted by Crippen LogP contribution is 2.40. The van der Waals surface area contributed by atoms with Crippen LogP contribution >= 0.6 is 35.7 Å². The van der Waals surface area contributed by atoms with Gasteiger partial charge in [-0.15, -0.1) is 11.8 Å². The number of fused-ring (bicyclic) bond motifs is 1. The van der Waals surface area contributed by atoms with Crippen LogP contribution in [0.1, 0.15) is 5.56 Å². The van der Waals surface area contributed by atoms with Crippen molar-refractivity contribution >= 4 is 51.9 Å². The topological polar surface area (TPSA) is 112 Å². The second-order valence-corrected chi connectivity index (χ2v) is 9.93. The Morgan fingerprint density at radius 1 is 1.30 bits per heavy atom. The molecule has 1 aromatic carbocycles. The molecule has 3 N–H and O–H groups in total. The molecule has 33 heavy (non-hydrogen) atoms. The second-order valence-electron chi connectivity index (χ2n) is 7.17. The van der Waals surface area contributed by atoms with E-state index in [0.717, 1.165) is 11.1 Å². The third kappa shape index (κ3) is 6.19. The van der Waals surface area contributed by atoms with E-state index in [1.807, 2.05) is 12.1 Å². The molecule has 0 bridgehead atoms. The van der Waals surface area contributed by atoms with Crippen molar-refractivity contribution in [3.05, 3.63) is 41.1 Å². The number of methoxy groups -OCH3 is 3. The number of carbonyl (C=O) groups is 2. The monoisotopic (exact) mass is 513 g/mol. The summed E-state index contributed by atoms with van der Waals surface area (Å²) in [6, 6.07) is 6.61. The van der Waals surface area contributed by atoms with Gasteiger partial charge in [-0.05, 0) is 23.3 Å². The fraction of sp³-hybridized carbons (Fsp3) is 0.476. The van der Waals surface area contributed by atoms with Crippen molar-refractivity contribution in [3.63, 3.8) is 0 Å². The molecule has 12 heteroatoms. The number of amides is 1. The molecule has 0 radical (unpaired) electrons. The molecule has 2 aliphatic heterocycles. The Balaban J connectivity index is 1.67. The van der Waals surface area contributed by atoms with Crippen LogP contribution in [0.15, 0.2) is 35.5 Å². The largest absolute Gasteiger partial charge is 0.497 e. The van der Waals surface area contributed by atoms with E-state index in [0.29, 0.717) is 28.1 Å². The van der Waals surface area contributed by atoms with Crippen LogP contribution in [0.2, 0.25) is 0 Å². The minimum atomic E-state index is -0.614. The first-order chi connectivity index (χ1) is 15.9. The number of nitrogens with one attached hydrogen (secondary N) is 1. The minimum absolute atomic E-state index is 0.0774. The molecule has 1 saturated heterocycles. The summed E-state index contributed by atoms with van der Waals surface area (Å²) in [4.78, 5) is 26.9. The highest BCUT2D eigenvalue weighted by molar-refractivity contribution is 8.23. The lowest BCUT2D eigenvalue weighted by molar-refractivity contribution is -0.151. The zero-order valence-corrected chi connectivity index (χ0v) is 21.0. The Labute approximate surface area is 206 Å². The maximum absolute atomic E-state index is 13.0. The maximum atomic E-state index is 13.0. The summed E-state index contributed by atoms with van der Waals surface area (Å²) < 4.78 is 21.5. The predicted molar refractivity (Wildman–Crippen MR) is 132 cm³/mol. The van der Waals surface area contributed by atoms with Crippen LogP contribution in [-0.2, 0) is 30.4 Å². The lowest BCUT2D eigenvalue weighted by atomic mass is 10.0. The summed E-state index contributed by atoms with van der Waals surface area (Å²) >= 11 is 8.27. The number of rotatable bonds is 10. The number of benzene rings is 1. The summed E-state index contributed by atoms with van der Waals surface area (Å²) in [6.07, 6.45) is -0.419. The van der Waals surface area contributed by atoms with Gasteiger partial charge in [0.25, 0.3) is 0 Å². The van der Waals surface area contributed by atoms with Gasteiger partial charge in [-0.3, -0.25) is 9.69 Å². The fourth-order valence-corrected chi connectivity index (χ4v) is 5.66. The fourth-order valence-electron chi connectivity index (χ4n) is 3.25. The van der Waals surface area contributed by atoms with Crippen LogP contribution in [0.3, 0.4) is 0 Å². The molecular weight excluding hydrogens is 486 g/mol. The van der Waals surface area contributed by atoms with Crippen molar-refractivity contribution in [2.24, 2.45) is 5.73 Å². The molecule has 9 nitrogen and oxygen atoms in total. The molecule has 0 spiro atoms. The van der Waals surface area contributed by atoms with Crippen molar-refractivity contribution in [1.82, 2.24) is 10.2 Å². The van der Waals surface area contributed by atoms with Gasteiger partial charge in [-0.25, -0.2) is 4.79 Å². The van der Waals surface area contributed by atoms with Crippen molar-refractivity contribution in [2.45, 2.75) is 24.3 Å². The summed E-state index contributed by atoms with van der Waals surface area (Å²) in [6.45, 7) is 0.471. The van der Waals surface area contributed by atoms with Crippen LogP contribution < -0.4 is 15.8 Å². The van der Waals surface area contributed by atoms with Crippen LogP contribution in [0.4, 0.5) is 0 Å². The SMILES string of the molecule is COc1ccc(COC(=O)C2=C(CSC(=S)NCC(OC)OC)CS[C@@H]3C(N)C(=O)N23)cc1. The number of carbonyl (C=O) groups excluding carboxylic acids is 2. The standard InChI is InChI=1S/C21H27N3O6S3/c1-27-14-6-4-12(5-7-14)9-30-20(26)17-13(10-32-19-16(22)18(25)24(17)19)11-33-21(31)23-8-15(28-2)29-3/h4-7,15-16,19H,8-11,22H2,1-3H3,(H,23,31)/t16?,19-/m1/s1. The van der Waals surface area contributed by atoms with Crippen molar-refractivity contribution in [3.8, 4) is 5.75 Å². The van der Waals surface area contributed by atoms with Crippen LogP contribution in [0.25, 0.3) is 0 Å². The number of β-lactam (4-membered cyclic amide) rings is 1. The van der Waals surface area contributed by atoms with E-state index in [2.05, 4.69) is 5.32 Å². The summed E-state index contributed by atoms with van der Waals surface area (Å²) in [5, 5.41) is 2.80. The summed E-state index contributed by atoms with van der Waals surface area (Å²) in [7, 11) is 4.68. The maximum Gasteiger partial charge on any atom is 0.355 e.